The van der Waals surface area contributed by atoms with E-state index in [-0.39, 0.29) is 13.0 Å². The van der Waals surface area contributed by atoms with Crippen LogP contribution in [0.15, 0.2) is 0 Å². The zero-order valence-corrected chi connectivity index (χ0v) is 8.46. The van der Waals surface area contributed by atoms with Crippen molar-refractivity contribution in [2.75, 3.05) is 13.2 Å². The molecular weight excluding hydrogens is 204 g/mol. The smallest absolute Gasteiger partial charge is 0.169 e. The van der Waals surface area contributed by atoms with Crippen LogP contribution in [-0.2, 0) is 9.47 Å². The van der Waals surface area contributed by atoms with Crippen molar-refractivity contribution in [2.45, 2.75) is 43.0 Å². The van der Waals surface area contributed by atoms with Crippen molar-refractivity contribution in [1.29, 1.82) is 0 Å². The SMILES string of the molecule is C[C@]12C[C@](O)(CO1)[C@@H](O)[C@@H]([C@H](O)CO)O2. The molecule has 2 heterocycles. The molecule has 2 fully saturated rings. The number of hydrogen-bond donors (Lipinski definition) is 4. The molecule has 88 valence electrons. The minimum absolute atomic E-state index is 0.0285. The zero-order chi connectivity index (χ0) is 11.3. The second-order valence-corrected chi connectivity index (χ2v) is 4.48. The first-order valence-corrected chi connectivity index (χ1v) is 4.91. The third kappa shape index (κ3) is 1.67. The lowest BCUT2D eigenvalue weighted by molar-refractivity contribution is -0.283. The molecule has 0 unspecified atom stereocenters. The molecule has 6 nitrogen and oxygen atoms in total. The first kappa shape index (κ1) is 11.3. The van der Waals surface area contributed by atoms with Gasteiger partial charge in [-0.25, -0.2) is 0 Å². The summed E-state index contributed by atoms with van der Waals surface area (Å²) in [5.41, 5.74) is -1.40. The summed E-state index contributed by atoms with van der Waals surface area (Å²) >= 11 is 0. The van der Waals surface area contributed by atoms with Gasteiger partial charge in [0.05, 0.1) is 13.2 Å². The van der Waals surface area contributed by atoms with Gasteiger partial charge in [0.2, 0.25) is 0 Å². The predicted octanol–water partition coefficient (Wildman–Crippen LogP) is -2.03. The maximum atomic E-state index is 10.0. The van der Waals surface area contributed by atoms with Gasteiger partial charge in [0.15, 0.2) is 5.79 Å². The van der Waals surface area contributed by atoms with E-state index < -0.39 is 36.3 Å². The van der Waals surface area contributed by atoms with E-state index in [0.29, 0.717) is 0 Å². The minimum atomic E-state index is -1.40. The minimum Gasteiger partial charge on any atom is -0.394 e. The van der Waals surface area contributed by atoms with Crippen molar-refractivity contribution >= 4 is 0 Å². The molecule has 0 aromatic carbocycles. The van der Waals surface area contributed by atoms with Gasteiger partial charge in [-0.15, -0.1) is 0 Å². The van der Waals surface area contributed by atoms with Gasteiger partial charge in [0.1, 0.15) is 23.9 Å². The Kier molecular flexibility index (Phi) is 2.53. The molecule has 0 aromatic heterocycles. The summed E-state index contributed by atoms with van der Waals surface area (Å²) in [6.45, 7) is 1.07. The first-order chi connectivity index (χ1) is 6.90. The molecular formula is C9H16O6. The molecule has 2 aliphatic rings. The van der Waals surface area contributed by atoms with Crippen LogP contribution >= 0.6 is 0 Å². The fourth-order valence-electron chi connectivity index (χ4n) is 2.25. The van der Waals surface area contributed by atoms with Crippen molar-refractivity contribution < 1.29 is 29.9 Å². The topological polar surface area (TPSA) is 99.4 Å². The first-order valence-electron chi connectivity index (χ1n) is 4.91. The summed E-state index contributed by atoms with van der Waals surface area (Å²) in [6, 6.07) is 0. The molecule has 0 radical (unpaired) electrons. The van der Waals surface area contributed by atoms with E-state index in [9.17, 15) is 15.3 Å². The van der Waals surface area contributed by atoms with Crippen LogP contribution in [0.4, 0.5) is 0 Å². The van der Waals surface area contributed by atoms with E-state index in [1.54, 1.807) is 6.92 Å². The van der Waals surface area contributed by atoms with Gasteiger partial charge in [0.25, 0.3) is 0 Å². The monoisotopic (exact) mass is 220 g/mol. The van der Waals surface area contributed by atoms with Crippen LogP contribution in [0.5, 0.6) is 0 Å². The van der Waals surface area contributed by atoms with E-state index in [0.717, 1.165) is 0 Å². The molecule has 0 aromatic rings. The molecule has 0 aliphatic carbocycles. The highest BCUT2D eigenvalue weighted by Crippen LogP contribution is 2.43. The van der Waals surface area contributed by atoms with E-state index in [1.165, 1.54) is 0 Å². The van der Waals surface area contributed by atoms with Crippen LogP contribution in [0.25, 0.3) is 0 Å². The van der Waals surface area contributed by atoms with E-state index >= 15 is 0 Å². The van der Waals surface area contributed by atoms with Crippen LogP contribution in [0.2, 0.25) is 0 Å². The van der Waals surface area contributed by atoms with Gasteiger partial charge in [-0.1, -0.05) is 0 Å². The third-order valence-electron chi connectivity index (χ3n) is 3.07. The third-order valence-corrected chi connectivity index (χ3v) is 3.07. The van der Waals surface area contributed by atoms with Crippen molar-refractivity contribution in [2.24, 2.45) is 0 Å². The van der Waals surface area contributed by atoms with Crippen molar-refractivity contribution in [3.63, 3.8) is 0 Å². The Morgan fingerprint density at radius 3 is 2.80 bits per heavy atom. The van der Waals surface area contributed by atoms with Gasteiger partial charge in [-0.3, -0.25) is 0 Å². The fraction of sp³-hybridized carbons (Fsp3) is 1.00. The number of aliphatic hydroxyl groups is 4. The standard InChI is InChI=1S/C9H16O6/c1-8-3-9(13,4-14-8)7(12)6(15-8)5(11)2-10/h5-7,10-13H,2-4H2,1H3/t5-,6-,7+,8+,9+/m1/s1. The Hall–Kier alpha value is -0.240. The van der Waals surface area contributed by atoms with Crippen molar-refractivity contribution in [3.8, 4) is 0 Å². The van der Waals surface area contributed by atoms with Crippen molar-refractivity contribution in [3.05, 3.63) is 0 Å². The Labute approximate surface area is 87.1 Å². The molecule has 6 heteroatoms. The highest BCUT2D eigenvalue weighted by Gasteiger charge is 2.60. The number of rotatable bonds is 2. The summed E-state index contributed by atoms with van der Waals surface area (Å²) in [7, 11) is 0. The molecule has 2 rings (SSSR count). The maximum Gasteiger partial charge on any atom is 0.169 e. The highest BCUT2D eigenvalue weighted by molar-refractivity contribution is 5.05. The lowest BCUT2D eigenvalue weighted by atomic mass is 9.84. The summed E-state index contributed by atoms with van der Waals surface area (Å²) in [4.78, 5) is 0. The molecule has 5 atom stereocenters. The van der Waals surface area contributed by atoms with Crippen LogP contribution < -0.4 is 0 Å². The molecule has 0 amide bonds. The predicted molar refractivity (Wildman–Crippen MR) is 47.9 cm³/mol. The Balaban J connectivity index is 2.22. The summed E-state index contributed by atoms with van der Waals surface area (Å²) < 4.78 is 10.6. The quantitative estimate of drug-likeness (QED) is 0.428. The number of ether oxygens (including phenoxy) is 2. The summed E-state index contributed by atoms with van der Waals surface area (Å²) in [6.07, 6.45) is -3.35. The fourth-order valence-corrected chi connectivity index (χ4v) is 2.25. The van der Waals surface area contributed by atoms with Gasteiger partial charge in [-0.2, -0.15) is 0 Å². The maximum absolute atomic E-state index is 10.0. The van der Waals surface area contributed by atoms with Crippen LogP contribution in [0, 0.1) is 0 Å². The van der Waals surface area contributed by atoms with Gasteiger partial charge in [-0.05, 0) is 6.92 Å². The van der Waals surface area contributed by atoms with Crippen LogP contribution in [0.1, 0.15) is 13.3 Å². The molecule has 2 aliphatic heterocycles. The van der Waals surface area contributed by atoms with E-state index in [1.807, 2.05) is 0 Å². The lowest BCUT2D eigenvalue weighted by Crippen LogP contribution is -2.60. The van der Waals surface area contributed by atoms with E-state index in [2.05, 4.69) is 0 Å². The average Bonchev–Trinajstić information content (AvgIpc) is 2.46. The Bertz CT molecular complexity index is 259. The second-order valence-electron chi connectivity index (χ2n) is 4.48. The molecule has 2 saturated heterocycles. The second kappa shape index (κ2) is 3.38. The highest BCUT2D eigenvalue weighted by atomic mass is 16.7. The van der Waals surface area contributed by atoms with Gasteiger partial charge in [0, 0.05) is 6.42 Å². The Morgan fingerprint density at radius 1 is 1.53 bits per heavy atom. The largest absolute Gasteiger partial charge is 0.394 e. The average molecular weight is 220 g/mol. The normalized spacial score (nSPS) is 51.8. The summed E-state index contributed by atoms with van der Waals surface area (Å²) in [5, 5.41) is 38.1. The molecule has 15 heavy (non-hydrogen) atoms. The molecule has 4 N–H and O–H groups in total. The van der Waals surface area contributed by atoms with Crippen LogP contribution in [-0.4, -0.2) is 63.3 Å². The molecule has 0 saturated carbocycles. The van der Waals surface area contributed by atoms with Gasteiger partial charge < -0.3 is 29.9 Å². The van der Waals surface area contributed by atoms with Crippen molar-refractivity contribution in [1.82, 2.24) is 0 Å². The van der Waals surface area contributed by atoms with Gasteiger partial charge >= 0.3 is 0 Å². The molecule has 2 bridgehead atoms. The van der Waals surface area contributed by atoms with Crippen LogP contribution in [0.3, 0.4) is 0 Å². The molecule has 0 spiro atoms. The summed E-state index contributed by atoms with van der Waals surface area (Å²) in [5.74, 6) is -0.991. The number of aliphatic hydroxyl groups excluding tert-OH is 3. The number of hydrogen-bond acceptors (Lipinski definition) is 6. The van der Waals surface area contributed by atoms with E-state index in [4.69, 9.17) is 14.6 Å². The Morgan fingerprint density at radius 2 is 2.20 bits per heavy atom. The zero-order valence-electron chi connectivity index (χ0n) is 8.46. The number of fused-ring (bicyclic) bond motifs is 2. The lowest BCUT2D eigenvalue weighted by Gasteiger charge is -2.42.